The minimum Gasteiger partial charge on any atom is -0.348 e. The van der Waals surface area contributed by atoms with E-state index < -0.39 is 0 Å². The first kappa shape index (κ1) is 19.2. The van der Waals surface area contributed by atoms with Crippen LogP contribution in [0.4, 0.5) is 10.5 Å². The maximum Gasteiger partial charge on any atom is 0.321 e. The number of benzene rings is 2. The maximum absolute atomic E-state index is 12.5. The summed E-state index contributed by atoms with van der Waals surface area (Å²) in [4.78, 5) is 26.2. The van der Waals surface area contributed by atoms with Gasteiger partial charge in [-0.25, -0.2) is 4.79 Å². The van der Waals surface area contributed by atoms with Crippen molar-refractivity contribution >= 4 is 30.0 Å². The molecule has 2 aromatic carbocycles. The Hall–Kier alpha value is -2.57. The van der Waals surface area contributed by atoms with Gasteiger partial charge in [0.15, 0.2) is 0 Å². The van der Waals surface area contributed by atoms with Crippen molar-refractivity contribution in [2.45, 2.75) is 26.1 Å². The zero-order chi connectivity index (χ0) is 17.9. The summed E-state index contributed by atoms with van der Waals surface area (Å²) in [6.07, 6.45) is 0.898. The highest BCUT2D eigenvalue weighted by molar-refractivity contribution is 5.97. The van der Waals surface area contributed by atoms with Gasteiger partial charge in [-0.05, 0) is 41.3 Å². The molecular formula is C20H23ClN4O2. The quantitative estimate of drug-likeness (QED) is 0.756. The van der Waals surface area contributed by atoms with Gasteiger partial charge in [0.05, 0.1) is 0 Å². The Balaban J connectivity index is 0.00000210. The number of carbonyl (C=O) groups is 2. The summed E-state index contributed by atoms with van der Waals surface area (Å²) in [6.45, 7) is 3.66. The van der Waals surface area contributed by atoms with Crippen LogP contribution in [0.25, 0.3) is 0 Å². The molecular weight excluding hydrogens is 364 g/mol. The van der Waals surface area contributed by atoms with Crippen LogP contribution < -0.4 is 20.9 Å². The van der Waals surface area contributed by atoms with E-state index in [2.05, 4.69) is 34.1 Å². The molecule has 0 bridgehead atoms. The van der Waals surface area contributed by atoms with Gasteiger partial charge in [-0.2, -0.15) is 0 Å². The van der Waals surface area contributed by atoms with Gasteiger partial charge in [-0.15, -0.1) is 12.4 Å². The van der Waals surface area contributed by atoms with Gasteiger partial charge < -0.3 is 16.0 Å². The minimum atomic E-state index is -0.136. The number of amides is 3. The Labute approximate surface area is 164 Å². The Morgan fingerprint density at radius 2 is 1.96 bits per heavy atom. The van der Waals surface area contributed by atoms with E-state index in [1.807, 2.05) is 12.1 Å². The molecule has 3 amide bonds. The lowest BCUT2D eigenvalue weighted by molar-refractivity contribution is 0.0951. The summed E-state index contributed by atoms with van der Waals surface area (Å²) in [5, 5.41) is 9.12. The molecule has 1 saturated heterocycles. The molecule has 0 aliphatic carbocycles. The highest BCUT2D eigenvalue weighted by Gasteiger charge is 2.20. The molecule has 2 heterocycles. The topological polar surface area (TPSA) is 73.5 Å². The number of nitrogens with zero attached hydrogens (tertiary/aromatic N) is 1. The molecule has 0 spiro atoms. The third kappa shape index (κ3) is 4.23. The number of rotatable bonds is 4. The van der Waals surface area contributed by atoms with E-state index >= 15 is 0 Å². The number of fused-ring (bicyclic) bond motifs is 1. The van der Waals surface area contributed by atoms with Gasteiger partial charge in [-0.3, -0.25) is 9.69 Å². The van der Waals surface area contributed by atoms with E-state index in [-0.39, 0.29) is 24.3 Å². The van der Waals surface area contributed by atoms with Crippen LogP contribution in [0.15, 0.2) is 42.5 Å². The van der Waals surface area contributed by atoms with E-state index in [9.17, 15) is 9.59 Å². The normalized spacial score (nSPS) is 15.6. The van der Waals surface area contributed by atoms with Crippen LogP contribution in [0, 0.1) is 0 Å². The van der Waals surface area contributed by atoms with Crippen molar-refractivity contribution in [1.29, 1.82) is 0 Å². The lowest BCUT2D eigenvalue weighted by Crippen LogP contribution is -2.46. The molecule has 2 aliphatic rings. The van der Waals surface area contributed by atoms with Crippen LogP contribution in [0.3, 0.4) is 0 Å². The molecule has 0 atom stereocenters. The second-order valence-electron chi connectivity index (χ2n) is 6.68. The van der Waals surface area contributed by atoms with Gasteiger partial charge in [0.2, 0.25) is 0 Å². The molecule has 7 heteroatoms. The van der Waals surface area contributed by atoms with Crippen LogP contribution in [-0.2, 0) is 19.6 Å². The maximum atomic E-state index is 12.5. The fourth-order valence-electron chi connectivity index (χ4n) is 3.43. The van der Waals surface area contributed by atoms with Crippen molar-refractivity contribution in [3.63, 3.8) is 0 Å². The van der Waals surface area contributed by atoms with E-state index in [0.29, 0.717) is 25.2 Å². The smallest absolute Gasteiger partial charge is 0.321 e. The van der Waals surface area contributed by atoms with E-state index in [4.69, 9.17) is 0 Å². The standard InChI is InChI=1S/C20H22N4O2.ClH/c25-19(23-11-14-5-6-16-12-21-13-17(16)9-14)15-3-1-4-18(10-15)24-8-2-7-22-20(24)26;/h1,3-6,9-10,21H,2,7-8,11-13H2,(H,22,26)(H,23,25);1H. The minimum absolute atomic E-state index is 0. The van der Waals surface area contributed by atoms with Crippen LogP contribution in [0.5, 0.6) is 0 Å². The van der Waals surface area contributed by atoms with E-state index in [0.717, 1.165) is 30.8 Å². The third-order valence-electron chi connectivity index (χ3n) is 4.85. The molecule has 142 valence electrons. The van der Waals surface area contributed by atoms with Gasteiger partial charge in [0.1, 0.15) is 0 Å². The van der Waals surface area contributed by atoms with Gasteiger partial charge in [0, 0.05) is 44.0 Å². The summed E-state index contributed by atoms with van der Waals surface area (Å²) in [5.41, 5.74) is 5.02. The number of anilines is 1. The van der Waals surface area contributed by atoms with Crippen molar-refractivity contribution < 1.29 is 9.59 Å². The van der Waals surface area contributed by atoms with Gasteiger partial charge in [0.25, 0.3) is 5.91 Å². The summed E-state index contributed by atoms with van der Waals surface area (Å²) in [7, 11) is 0. The number of carbonyl (C=O) groups excluding carboxylic acids is 2. The first-order valence-electron chi connectivity index (χ1n) is 8.96. The van der Waals surface area contributed by atoms with Crippen molar-refractivity contribution in [2.24, 2.45) is 0 Å². The van der Waals surface area contributed by atoms with Gasteiger partial charge in [-0.1, -0.05) is 24.3 Å². The predicted molar refractivity (Wildman–Crippen MR) is 107 cm³/mol. The Morgan fingerprint density at radius 3 is 2.81 bits per heavy atom. The first-order chi connectivity index (χ1) is 12.7. The van der Waals surface area contributed by atoms with Crippen molar-refractivity contribution in [1.82, 2.24) is 16.0 Å². The lowest BCUT2D eigenvalue weighted by Gasteiger charge is -2.27. The van der Waals surface area contributed by atoms with Crippen molar-refractivity contribution in [2.75, 3.05) is 18.0 Å². The molecule has 27 heavy (non-hydrogen) atoms. The molecule has 1 fully saturated rings. The number of halogens is 1. The fourth-order valence-corrected chi connectivity index (χ4v) is 3.43. The van der Waals surface area contributed by atoms with Crippen LogP contribution in [0.2, 0.25) is 0 Å². The number of hydrogen-bond acceptors (Lipinski definition) is 3. The first-order valence-corrected chi connectivity index (χ1v) is 8.96. The molecule has 6 nitrogen and oxygen atoms in total. The fraction of sp³-hybridized carbons (Fsp3) is 0.300. The summed E-state index contributed by atoms with van der Waals surface area (Å²) in [5.74, 6) is -0.136. The third-order valence-corrected chi connectivity index (χ3v) is 4.85. The summed E-state index contributed by atoms with van der Waals surface area (Å²) in [6, 6.07) is 13.4. The average Bonchev–Trinajstić information content (AvgIpc) is 3.14. The highest BCUT2D eigenvalue weighted by Crippen LogP contribution is 2.19. The summed E-state index contributed by atoms with van der Waals surface area (Å²) >= 11 is 0. The molecule has 3 N–H and O–H groups in total. The molecule has 0 radical (unpaired) electrons. The van der Waals surface area contributed by atoms with Gasteiger partial charge >= 0.3 is 6.03 Å². The largest absolute Gasteiger partial charge is 0.348 e. The second-order valence-corrected chi connectivity index (χ2v) is 6.68. The van der Waals surface area contributed by atoms with E-state index in [1.54, 1.807) is 17.0 Å². The van der Waals surface area contributed by atoms with Crippen molar-refractivity contribution in [3.8, 4) is 0 Å². The second kappa shape index (κ2) is 8.41. The number of urea groups is 1. The highest BCUT2D eigenvalue weighted by atomic mass is 35.5. The molecule has 4 rings (SSSR count). The summed E-state index contributed by atoms with van der Waals surface area (Å²) < 4.78 is 0. The SMILES string of the molecule is Cl.O=C(NCc1ccc2c(c1)CNC2)c1cccc(N2CCCNC2=O)c1. The zero-order valence-electron chi connectivity index (χ0n) is 15.0. The van der Waals surface area contributed by atoms with Crippen molar-refractivity contribution in [3.05, 3.63) is 64.7 Å². The molecule has 0 unspecified atom stereocenters. The number of nitrogens with one attached hydrogen (secondary N) is 3. The molecule has 2 aromatic rings. The Morgan fingerprint density at radius 1 is 1.11 bits per heavy atom. The zero-order valence-corrected chi connectivity index (χ0v) is 15.8. The lowest BCUT2D eigenvalue weighted by atomic mass is 10.1. The number of hydrogen-bond donors (Lipinski definition) is 3. The van der Waals surface area contributed by atoms with Crippen LogP contribution in [0.1, 0.15) is 33.5 Å². The predicted octanol–water partition coefficient (Wildman–Crippen LogP) is 2.56. The molecule has 2 aliphatic heterocycles. The molecule has 0 aromatic heterocycles. The monoisotopic (exact) mass is 386 g/mol. The average molecular weight is 387 g/mol. The van der Waals surface area contributed by atoms with Crippen LogP contribution >= 0.6 is 12.4 Å². The van der Waals surface area contributed by atoms with E-state index in [1.165, 1.54) is 11.1 Å². The Kier molecular flexibility index (Phi) is 5.98. The molecule has 0 saturated carbocycles. The Bertz CT molecular complexity index is 856. The van der Waals surface area contributed by atoms with Crippen LogP contribution in [-0.4, -0.2) is 25.0 Å².